The van der Waals surface area contributed by atoms with Crippen molar-refractivity contribution < 1.29 is 9.90 Å². The summed E-state index contributed by atoms with van der Waals surface area (Å²) in [5.74, 6) is -0.326. The van der Waals surface area contributed by atoms with E-state index in [1.165, 1.54) is 0 Å². The Balaban J connectivity index is 2.69. The summed E-state index contributed by atoms with van der Waals surface area (Å²) in [6, 6.07) is 3.48. The Hall–Kier alpha value is -2.04. The third-order valence-corrected chi connectivity index (χ3v) is 2.66. The van der Waals surface area contributed by atoms with Crippen LogP contribution in [-0.4, -0.2) is 20.5 Å². The number of carbonyl (C=O) groups is 1. The average Bonchev–Trinajstić information content (AvgIpc) is 2.56. The van der Waals surface area contributed by atoms with E-state index >= 15 is 0 Å². The highest BCUT2D eigenvalue weighted by atomic mass is 16.4. The first-order valence-electron chi connectivity index (χ1n) is 5.78. The first-order chi connectivity index (χ1) is 8.29. The fourth-order valence-electron chi connectivity index (χ4n) is 1.98. The molecule has 96 valence electrons. The van der Waals surface area contributed by atoms with Crippen molar-refractivity contribution in [3.8, 4) is 0 Å². The van der Waals surface area contributed by atoms with E-state index in [1.54, 1.807) is 22.7 Å². The fraction of sp³-hybridized carbons (Fsp3) is 0.385. The van der Waals surface area contributed by atoms with Crippen molar-refractivity contribution in [3.05, 3.63) is 29.8 Å². The third-order valence-electron chi connectivity index (χ3n) is 2.66. The molecule has 5 nitrogen and oxygen atoms in total. The number of nitrogens with zero attached hydrogens (tertiary/aromatic N) is 2. The monoisotopic (exact) mass is 247 g/mol. The fourth-order valence-corrected chi connectivity index (χ4v) is 1.98. The Bertz CT molecular complexity index is 608. The lowest BCUT2D eigenvalue weighted by Gasteiger charge is -2.16. The number of carboxylic acids is 1. The van der Waals surface area contributed by atoms with Crippen molar-refractivity contribution >= 4 is 17.2 Å². The standard InChI is InChI=1S/C13H17N3O2/c1-13(2,3)7-9-15-10(12(17)18)11-8(14)5-4-6-16(9)11/h4-6H,7,14H2,1-3H3,(H,17,18). The molecule has 2 heterocycles. The lowest BCUT2D eigenvalue weighted by atomic mass is 9.92. The Morgan fingerprint density at radius 2 is 2.17 bits per heavy atom. The van der Waals surface area contributed by atoms with Gasteiger partial charge in [0.25, 0.3) is 0 Å². The van der Waals surface area contributed by atoms with Crippen molar-refractivity contribution in [3.63, 3.8) is 0 Å². The van der Waals surface area contributed by atoms with E-state index < -0.39 is 5.97 Å². The first-order valence-corrected chi connectivity index (χ1v) is 5.78. The van der Waals surface area contributed by atoms with Gasteiger partial charge in [0.2, 0.25) is 0 Å². The number of hydrogen-bond acceptors (Lipinski definition) is 3. The highest BCUT2D eigenvalue weighted by Crippen LogP contribution is 2.25. The van der Waals surface area contributed by atoms with Gasteiger partial charge in [-0.2, -0.15) is 0 Å². The highest BCUT2D eigenvalue weighted by molar-refractivity contribution is 5.97. The Morgan fingerprint density at radius 3 is 2.72 bits per heavy atom. The van der Waals surface area contributed by atoms with E-state index in [1.807, 2.05) is 0 Å². The number of imidazole rings is 1. The van der Waals surface area contributed by atoms with Crippen LogP contribution in [0, 0.1) is 5.41 Å². The van der Waals surface area contributed by atoms with E-state index in [9.17, 15) is 9.90 Å². The number of fused-ring (bicyclic) bond motifs is 1. The van der Waals surface area contributed by atoms with Crippen LogP contribution in [0.2, 0.25) is 0 Å². The number of aromatic nitrogens is 2. The van der Waals surface area contributed by atoms with Crippen LogP contribution in [0.3, 0.4) is 0 Å². The zero-order valence-corrected chi connectivity index (χ0v) is 10.8. The maximum Gasteiger partial charge on any atom is 0.356 e. The molecule has 0 radical (unpaired) electrons. The highest BCUT2D eigenvalue weighted by Gasteiger charge is 2.22. The summed E-state index contributed by atoms with van der Waals surface area (Å²) in [4.78, 5) is 15.4. The van der Waals surface area contributed by atoms with Crippen LogP contribution in [0.5, 0.6) is 0 Å². The van der Waals surface area contributed by atoms with Crippen molar-refractivity contribution in [2.45, 2.75) is 27.2 Å². The van der Waals surface area contributed by atoms with E-state index in [-0.39, 0.29) is 11.1 Å². The van der Waals surface area contributed by atoms with Crippen molar-refractivity contribution in [1.29, 1.82) is 0 Å². The number of hydrogen-bond donors (Lipinski definition) is 2. The summed E-state index contributed by atoms with van der Waals surface area (Å²) in [6.45, 7) is 6.25. The molecule has 0 bridgehead atoms. The van der Waals surface area contributed by atoms with Gasteiger partial charge in [-0.05, 0) is 17.5 Å². The van der Waals surface area contributed by atoms with Gasteiger partial charge in [-0.3, -0.25) is 0 Å². The van der Waals surface area contributed by atoms with Crippen molar-refractivity contribution in [2.75, 3.05) is 5.73 Å². The predicted octanol–water partition coefficient (Wildman–Crippen LogP) is 2.20. The van der Waals surface area contributed by atoms with E-state index in [4.69, 9.17) is 5.73 Å². The molecule has 0 atom stereocenters. The molecule has 0 aliphatic heterocycles. The summed E-state index contributed by atoms with van der Waals surface area (Å²) < 4.78 is 1.77. The van der Waals surface area contributed by atoms with Gasteiger partial charge < -0.3 is 15.2 Å². The quantitative estimate of drug-likeness (QED) is 0.852. The minimum atomic E-state index is -1.05. The van der Waals surface area contributed by atoms with Crippen LogP contribution in [0.15, 0.2) is 18.3 Å². The zero-order chi connectivity index (χ0) is 13.5. The molecule has 3 N–H and O–H groups in total. The molecule has 5 heteroatoms. The zero-order valence-electron chi connectivity index (χ0n) is 10.8. The molecule has 2 aromatic rings. The first kappa shape index (κ1) is 12.4. The molecular weight excluding hydrogens is 230 g/mol. The molecule has 0 fully saturated rings. The summed E-state index contributed by atoms with van der Waals surface area (Å²) in [5, 5.41) is 9.19. The van der Waals surface area contributed by atoms with Crippen molar-refractivity contribution in [2.24, 2.45) is 5.41 Å². The number of carboxylic acid groups (broad SMARTS) is 1. The van der Waals surface area contributed by atoms with Crippen molar-refractivity contribution in [1.82, 2.24) is 9.38 Å². The van der Waals surface area contributed by atoms with Crippen LogP contribution in [0.25, 0.3) is 5.52 Å². The summed E-state index contributed by atoms with van der Waals surface area (Å²) in [7, 11) is 0. The topological polar surface area (TPSA) is 80.6 Å². The van der Waals surface area contributed by atoms with Gasteiger partial charge in [0.15, 0.2) is 5.69 Å². The van der Waals surface area contributed by atoms with Crippen LogP contribution in [0.4, 0.5) is 5.69 Å². The number of anilines is 1. The maximum atomic E-state index is 11.2. The number of nitrogens with two attached hydrogens (primary N) is 1. The summed E-state index contributed by atoms with van der Waals surface area (Å²) in [5.41, 5.74) is 6.81. The maximum absolute atomic E-state index is 11.2. The van der Waals surface area contributed by atoms with Crippen LogP contribution in [-0.2, 0) is 6.42 Å². The molecule has 0 unspecified atom stereocenters. The molecule has 2 aromatic heterocycles. The molecule has 2 rings (SSSR count). The molecule has 0 saturated heterocycles. The Kier molecular flexibility index (Phi) is 2.77. The van der Waals surface area contributed by atoms with Crippen LogP contribution < -0.4 is 5.73 Å². The SMILES string of the molecule is CC(C)(C)Cc1nc(C(=O)O)c2c(N)cccn12. The predicted molar refractivity (Wildman–Crippen MR) is 69.7 cm³/mol. The minimum Gasteiger partial charge on any atom is -0.476 e. The lowest BCUT2D eigenvalue weighted by molar-refractivity contribution is 0.0693. The molecular formula is C13H17N3O2. The van der Waals surface area contributed by atoms with Gasteiger partial charge in [-0.15, -0.1) is 0 Å². The Labute approximate surface area is 105 Å². The Morgan fingerprint density at radius 1 is 1.50 bits per heavy atom. The molecule has 0 aliphatic rings. The summed E-state index contributed by atoms with van der Waals surface area (Å²) in [6.07, 6.45) is 2.48. The molecule has 0 saturated carbocycles. The number of nitrogen functional groups attached to an aromatic ring is 1. The van der Waals surface area contributed by atoms with Gasteiger partial charge in [0.05, 0.1) is 5.69 Å². The van der Waals surface area contributed by atoms with Gasteiger partial charge in [-0.25, -0.2) is 9.78 Å². The van der Waals surface area contributed by atoms with E-state index in [0.29, 0.717) is 17.6 Å². The van der Waals surface area contributed by atoms with E-state index in [0.717, 1.165) is 5.82 Å². The molecule has 18 heavy (non-hydrogen) atoms. The van der Waals surface area contributed by atoms with Crippen LogP contribution in [0.1, 0.15) is 37.1 Å². The summed E-state index contributed by atoms with van der Waals surface area (Å²) >= 11 is 0. The van der Waals surface area contributed by atoms with Gasteiger partial charge in [0.1, 0.15) is 11.3 Å². The normalized spacial score (nSPS) is 11.9. The smallest absolute Gasteiger partial charge is 0.356 e. The molecule has 0 aromatic carbocycles. The largest absolute Gasteiger partial charge is 0.476 e. The van der Waals surface area contributed by atoms with Gasteiger partial charge in [0, 0.05) is 12.6 Å². The second kappa shape index (κ2) is 4.01. The van der Waals surface area contributed by atoms with Gasteiger partial charge in [-0.1, -0.05) is 20.8 Å². The lowest BCUT2D eigenvalue weighted by Crippen LogP contribution is -2.12. The number of rotatable bonds is 2. The van der Waals surface area contributed by atoms with Gasteiger partial charge >= 0.3 is 5.97 Å². The molecule has 0 amide bonds. The van der Waals surface area contributed by atoms with E-state index in [2.05, 4.69) is 25.8 Å². The molecule has 0 aliphatic carbocycles. The third kappa shape index (κ3) is 2.16. The average molecular weight is 247 g/mol. The minimum absolute atomic E-state index is 0.0207. The second-order valence-electron chi connectivity index (χ2n) is 5.60. The number of aromatic carboxylic acids is 1. The number of pyridine rings is 1. The molecule has 0 spiro atoms. The second-order valence-corrected chi connectivity index (χ2v) is 5.60. The van der Waals surface area contributed by atoms with Crippen LogP contribution >= 0.6 is 0 Å².